The highest BCUT2D eigenvalue weighted by Gasteiger charge is 2.14. The van der Waals surface area contributed by atoms with Crippen LogP contribution in [0.5, 0.6) is 0 Å². The molecule has 0 aliphatic heterocycles. The summed E-state index contributed by atoms with van der Waals surface area (Å²) in [6.45, 7) is 2.08. The van der Waals surface area contributed by atoms with Gasteiger partial charge in [0.15, 0.2) is 0 Å². The topological polar surface area (TPSA) is 12.0 Å². The van der Waals surface area contributed by atoms with Crippen molar-refractivity contribution < 1.29 is 0 Å². The maximum atomic E-state index is 6.10. The zero-order valence-electron chi connectivity index (χ0n) is 10.7. The largest absolute Gasteiger partial charge is 0.309 e. The second kappa shape index (κ2) is 6.27. The van der Waals surface area contributed by atoms with E-state index in [0.717, 1.165) is 10.0 Å². The number of halogens is 3. The summed E-state index contributed by atoms with van der Waals surface area (Å²) in [6, 6.07) is 12.2. The average Bonchev–Trinajstić information content (AvgIpc) is 2.33. The van der Waals surface area contributed by atoms with Crippen molar-refractivity contribution in [2.24, 2.45) is 0 Å². The molecule has 2 rings (SSSR count). The zero-order chi connectivity index (χ0) is 14.0. The minimum absolute atomic E-state index is 0.0889. The fourth-order valence-electron chi connectivity index (χ4n) is 2.15. The lowest BCUT2D eigenvalue weighted by atomic mass is 9.97. The molecule has 1 unspecified atom stereocenters. The van der Waals surface area contributed by atoms with Crippen molar-refractivity contribution in [2.45, 2.75) is 13.0 Å². The monoisotopic (exact) mass is 357 g/mol. The summed E-state index contributed by atoms with van der Waals surface area (Å²) < 4.78 is 1.07. The highest BCUT2D eigenvalue weighted by atomic mass is 79.9. The predicted octanol–water partition coefficient (Wildman–Crippen LogP) is 5.37. The molecular formula is C15H14BrCl2N. The Morgan fingerprint density at radius 2 is 1.74 bits per heavy atom. The van der Waals surface area contributed by atoms with Crippen LogP contribution < -0.4 is 5.32 Å². The molecule has 0 saturated carbocycles. The van der Waals surface area contributed by atoms with Crippen LogP contribution in [-0.4, -0.2) is 7.05 Å². The summed E-state index contributed by atoms with van der Waals surface area (Å²) in [5.74, 6) is 0. The summed E-state index contributed by atoms with van der Waals surface area (Å²) in [4.78, 5) is 0. The van der Waals surface area contributed by atoms with Crippen LogP contribution in [0.4, 0.5) is 0 Å². The number of nitrogens with one attached hydrogen (secondary N) is 1. The van der Waals surface area contributed by atoms with Crippen molar-refractivity contribution >= 4 is 39.1 Å². The molecule has 0 saturated heterocycles. The first-order valence-corrected chi connectivity index (χ1v) is 7.45. The van der Waals surface area contributed by atoms with Crippen LogP contribution in [0.3, 0.4) is 0 Å². The molecule has 19 heavy (non-hydrogen) atoms. The number of hydrogen-bond acceptors (Lipinski definition) is 1. The van der Waals surface area contributed by atoms with E-state index in [4.69, 9.17) is 23.2 Å². The van der Waals surface area contributed by atoms with Crippen LogP contribution in [0.15, 0.2) is 40.9 Å². The van der Waals surface area contributed by atoms with Gasteiger partial charge in [0.05, 0.1) is 16.1 Å². The number of hydrogen-bond donors (Lipinski definition) is 1. The molecule has 1 nitrogen and oxygen atoms in total. The fraction of sp³-hybridized carbons (Fsp3) is 0.200. The van der Waals surface area contributed by atoms with E-state index in [0.29, 0.717) is 10.0 Å². The van der Waals surface area contributed by atoms with Gasteiger partial charge in [0.25, 0.3) is 0 Å². The van der Waals surface area contributed by atoms with Crippen LogP contribution in [0.2, 0.25) is 10.0 Å². The Kier molecular flexibility index (Phi) is 4.91. The molecule has 1 atom stereocenters. The number of benzene rings is 2. The van der Waals surface area contributed by atoms with Gasteiger partial charge in [-0.2, -0.15) is 0 Å². The summed E-state index contributed by atoms with van der Waals surface area (Å²) >= 11 is 15.6. The summed E-state index contributed by atoms with van der Waals surface area (Å²) in [5.41, 5.74) is 3.49. The second-order valence-electron chi connectivity index (χ2n) is 4.46. The maximum absolute atomic E-state index is 6.10. The minimum atomic E-state index is 0.0889. The first kappa shape index (κ1) is 14.9. The van der Waals surface area contributed by atoms with Crippen molar-refractivity contribution in [3.63, 3.8) is 0 Å². The third-order valence-corrected chi connectivity index (χ3v) is 4.16. The van der Waals surface area contributed by atoms with Crippen LogP contribution in [0.25, 0.3) is 0 Å². The van der Waals surface area contributed by atoms with E-state index in [1.807, 2.05) is 25.2 Å². The normalized spacial score (nSPS) is 12.5. The van der Waals surface area contributed by atoms with E-state index in [1.165, 1.54) is 11.1 Å². The molecule has 2 aromatic rings. The van der Waals surface area contributed by atoms with E-state index in [2.05, 4.69) is 46.4 Å². The first-order chi connectivity index (χ1) is 9.01. The molecule has 0 fully saturated rings. The Labute approximate surface area is 132 Å². The zero-order valence-corrected chi connectivity index (χ0v) is 13.8. The lowest BCUT2D eigenvalue weighted by Gasteiger charge is -2.19. The standard InChI is InChI=1S/C15H14BrCl2N/c1-9-5-11(7-12(16)6-9)15(19-2)10-3-4-13(17)14(18)8-10/h3-8,15,19H,1-2H3. The van der Waals surface area contributed by atoms with Gasteiger partial charge >= 0.3 is 0 Å². The van der Waals surface area contributed by atoms with Crippen molar-refractivity contribution in [1.29, 1.82) is 0 Å². The van der Waals surface area contributed by atoms with Crippen molar-refractivity contribution in [2.75, 3.05) is 7.05 Å². The van der Waals surface area contributed by atoms with Gasteiger partial charge in [0, 0.05) is 4.47 Å². The molecule has 1 N–H and O–H groups in total. The molecule has 0 aromatic heterocycles. The SMILES string of the molecule is CNC(c1cc(C)cc(Br)c1)c1ccc(Cl)c(Cl)c1. The Hall–Kier alpha value is -0.540. The van der Waals surface area contributed by atoms with Crippen LogP contribution in [-0.2, 0) is 0 Å². The second-order valence-corrected chi connectivity index (χ2v) is 6.19. The Balaban J connectivity index is 2.46. The Morgan fingerprint density at radius 1 is 1.00 bits per heavy atom. The molecule has 0 amide bonds. The Bertz CT molecular complexity index is 578. The molecule has 0 aliphatic carbocycles. The molecule has 0 spiro atoms. The lowest BCUT2D eigenvalue weighted by Crippen LogP contribution is -2.17. The van der Waals surface area contributed by atoms with Gasteiger partial charge in [-0.3, -0.25) is 0 Å². The van der Waals surface area contributed by atoms with Gasteiger partial charge in [-0.15, -0.1) is 0 Å². The van der Waals surface area contributed by atoms with Gasteiger partial charge in [0.1, 0.15) is 0 Å². The molecule has 0 radical (unpaired) electrons. The highest BCUT2D eigenvalue weighted by molar-refractivity contribution is 9.10. The van der Waals surface area contributed by atoms with E-state index in [-0.39, 0.29) is 6.04 Å². The van der Waals surface area contributed by atoms with E-state index in [1.54, 1.807) is 0 Å². The van der Waals surface area contributed by atoms with Crippen LogP contribution in [0.1, 0.15) is 22.7 Å². The van der Waals surface area contributed by atoms with Crippen molar-refractivity contribution in [3.8, 4) is 0 Å². The maximum Gasteiger partial charge on any atom is 0.0595 e. The molecule has 0 heterocycles. The van der Waals surface area contributed by atoms with E-state index in [9.17, 15) is 0 Å². The molecule has 0 aliphatic rings. The minimum Gasteiger partial charge on any atom is -0.309 e. The molecule has 100 valence electrons. The molecule has 0 bridgehead atoms. The summed E-state index contributed by atoms with van der Waals surface area (Å²) in [6.07, 6.45) is 0. The van der Waals surface area contributed by atoms with E-state index < -0.39 is 0 Å². The molecule has 2 aromatic carbocycles. The van der Waals surface area contributed by atoms with Crippen LogP contribution >= 0.6 is 39.1 Å². The smallest absolute Gasteiger partial charge is 0.0595 e. The number of aryl methyl sites for hydroxylation is 1. The van der Waals surface area contributed by atoms with Crippen LogP contribution in [0, 0.1) is 6.92 Å². The van der Waals surface area contributed by atoms with Gasteiger partial charge in [0.2, 0.25) is 0 Å². The van der Waals surface area contributed by atoms with Gasteiger partial charge < -0.3 is 5.32 Å². The lowest BCUT2D eigenvalue weighted by molar-refractivity contribution is 0.691. The fourth-order valence-corrected chi connectivity index (χ4v) is 3.08. The van der Waals surface area contributed by atoms with E-state index >= 15 is 0 Å². The molecular weight excluding hydrogens is 345 g/mol. The van der Waals surface area contributed by atoms with Gasteiger partial charge in [-0.25, -0.2) is 0 Å². The summed E-state index contributed by atoms with van der Waals surface area (Å²) in [5, 5.41) is 4.46. The average molecular weight is 359 g/mol. The third kappa shape index (κ3) is 3.51. The predicted molar refractivity (Wildman–Crippen MR) is 86.2 cm³/mol. The molecule has 4 heteroatoms. The van der Waals surface area contributed by atoms with Gasteiger partial charge in [-0.1, -0.05) is 51.3 Å². The third-order valence-electron chi connectivity index (χ3n) is 2.96. The number of rotatable bonds is 3. The van der Waals surface area contributed by atoms with Gasteiger partial charge in [-0.05, 0) is 54.9 Å². The first-order valence-electron chi connectivity index (χ1n) is 5.90. The van der Waals surface area contributed by atoms with Crippen molar-refractivity contribution in [3.05, 3.63) is 67.6 Å². The Morgan fingerprint density at radius 3 is 2.32 bits per heavy atom. The quantitative estimate of drug-likeness (QED) is 0.777. The van der Waals surface area contributed by atoms with Crippen molar-refractivity contribution in [1.82, 2.24) is 5.32 Å². The summed E-state index contributed by atoms with van der Waals surface area (Å²) in [7, 11) is 1.93. The highest BCUT2D eigenvalue weighted by Crippen LogP contribution is 2.30.